The van der Waals surface area contributed by atoms with E-state index < -0.39 is 10.9 Å². The van der Waals surface area contributed by atoms with Gasteiger partial charge in [-0.25, -0.2) is 0 Å². The van der Waals surface area contributed by atoms with Gasteiger partial charge in [0.2, 0.25) is 0 Å². The quantitative estimate of drug-likeness (QED) is 0.437. The average molecular weight is 177 g/mol. The van der Waals surface area contributed by atoms with Crippen molar-refractivity contribution in [3.05, 3.63) is 0 Å². The fourth-order valence-electron chi connectivity index (χ4n) is 0. The second kappa shape index (κ2) is 1.81. The zero-order chi connectivity index (χ0) is 6.08. The molecule has 42 valence electrons. The molecule has 1 nitrogen and oxygen atoms in total. The van der Waals surface area contributed by atoms with Crippen LogP contribution in [0.2, 0.25) is 0 Å². The van der Waals surface area contributed by atoms with Gasteiger partial charge in [0, 0.05) is 15.9 Å². The molecule has 0 atom stereocenters. The minimum atomic E-state index is -3.99. The van der Waals surface area contributed by atoms with E-state index in [1.165, 1.54) is 15.9 Å². The third-order valence-electron chi connectivity index (χ3n) is 0.223. The molecular formula is C2BrF3O. The highest BCUT2D eigenvalue weighted by molar-refractivity contribution is 9.10. The molecule has 7 heavy (non-hydrogen) atoms. The summed E-state index contributed by atoms with van der Waals surface area (Å²) in [6.07, 6.45) is 0. The molecule has 5 heteroatoms. The summed E-state index contributed by atoms with van der Waals surface area (Å²) in [6.45, 7) is 0. The van der Waals surface area contributed by atoms with Crippen molar-refractivity contribution in [2.45, 2.75) is 4.83 Å². The van der Waals surface area contributed by atoms with E-state index in [0.29, 0.717) is 0 Å². The first-order valence-corrected chi connectivity index (χ1v) is 2.00. The maximum atomic E-state index is 11.0. The first kappa shape index (κ1) is 6.94. The Balaban J connectivity index is 3.79. The molecule has 0 aromatic heterocycles. The largest absolute Gasteiger partial charge is 0.389 e. The molecule has 0 spiro atoms. The highest BCUT2D eigenvalue weighted by Gasteiger charge is 2.34. The van der Waals surface area contributed by atoms with Crippen LogP contribution in [0.1, 0.15) is 0 Å². The molecule has 0 aromatic rings. The molecule has 0 aliphatic rings. The molecule has 0 rings (SSSR count). The van der Waals surface area contributed by atoms with E-state index >= 15 is 0 Å². The van der Waals surface area contributed by atoms with Gasteiger partial charge in [-0.15, -0.1) is 0 Å². The third kappa shape index (κ3) is 2.61. The van der Waals surface area contributed by atoms with Crippen LogP contribution in [0.15, 0.2) is 0 Å². The monoisotopic (exact) mass is 176 g/mol. The molecule has 0 aromatic carbocycles. The number of hydrogen-bond donors (Lipinski definition) is 0. The van der Waals surface area contributed by atoms with Gasteiger partial charge in [-0.1, -0.05) is 0 Å². The maximum absolute atomic E-state index is 11.0. The smallest absolute Gasteiger partial charge is 0.253 e. The second-order valence-corrected chi connectivity index (χ2v) is 1.77. The fourth-order valence-corrected chi connectivity index (χ4v) is 0. The topological polar surface area (TPSA) is 17.1 Å². The number of carbonyl (C=O) groups excluding carboxylic acids is 1. The predicted octanol–water partition coefficient (Wildman–Crippen LogP) is 1.47. The van der Waals surface area contributed by atoms with Crippen LogP contribution < -0.4 is 0 Å². The van der Waals surface area contributed by atoms with Gasteiger partial charge >= 0.3 is 10.9 Å². The number of hydrogen-bond acceptors (Lipinski definition) is 1. The Hall–Kier alpha value is -0.0600. The highest BCUT2D eigenvalue weighted by Crippen LogP contribution is 2.22. The van der Waals surface area contributed by atoms with E-state index in [9.17, 15) is 13.2 Å². The number of rotatable bonds is 1. The van der Waals surface area contributed by atoms with Gasteiger partial charge in [0.05, 0.1) is 0 Å². The Morgan fingerprint density at radius 3 is 1.71 bits per heavy atom. The van der Waals surface area contributed by atoms with E-state index in [1.807, 2.05) is 0 Å². The predicted molar refractivity (Wildman–Crippen MR) is 20.0 cm³/mol. The van der Waals surface area contributed by atoms with Crippen molar-refractivity contribution in [1.29, 1.82) is 0 Å². The van der Waals surface area contributed by atoms with Gasteiger partial charge in [-0.2, -0.15) is 13.2 Å². The summed E-state index contributed by atoms with van der Waals surface area (Å²) in [6, 6.07) is -2.67. The van der Waals surface area contributed by atoms with Crippen molar-refractivity contribution in [2.24, 2.45) is 0 Å². The normalized spacial score (nSPS) is 11.4. The van der Waals surface area contributed by atoms with Crippen LogP contribution in [-0.2, 0) is 4.79 Å². The second-order valence-electron chi connectivity index (χ2n) is 0.771. The van der Waals surface area contributed by atoms with E-state index in [1.54, 1.807) is 0 Å². The van der Waals surface area contributed by atoms with E-state index in [-0.39, 0.29) is 0 Å². The summed E-state index contributed by atoms with van der Waals surface area (Å²) >= 11 is 1.48. The van der Waals surface area contributed by atoms with Crippen molar-refractivity contribution in [3.8, 4) is 0 Å². The van der Waals surface area contributed by atoms with Gasteiger partial charge in [-0.05, 0) is 0 Å². The Bertz CT molecular complexity index is 85.4. The van der Waals surface area contributed by atoms with Gasteiger partial charge in [0.15, 0.2) is 0 Å². The maximum Gasteiger partial charge on any atom is 0.389 e. The van der Waals surface area contributed by atoms with Crippen molar-refractivity contribution in [1.82, 2.24) is 0 Å². The van der Waals surface area contributed by atoms with Crippen LogP contribution in [0.25, 0.3) is 0 Å². The molecule has 0 heterocycles. The molecule has 0 N–H and O–H groups in total. The molecular weight excluding hydrogens is 177 g/mol. The minimum absolute atomic E-state index is 1.48. The Morgan fingerprint density at radius 2 is 1.71 bits per heavy atom. The molecule has 0 aliphatic heterocycles. The molecule has 0 saturated carbocycles. The van der Waals surface area contributed by atoms with Gasteiger partial charge < -0.3 is 0 Å². The van der Waals surface area contributed by atoms with Crippen LogP contribution in [0.5, 0.6) is 0 Å². The van der Waals surface area contributed by atoms with Gasteiger partial charge in [0.1, 0.15) is 0 Å². The number of carbonyl (C=O) groups is 1. The molecule has 0 radical (unpaired) electrons. The summed E-state index contributed by atoms with van der Waals surface area (Å²) < 4.78 is 32.8. The summed E-state index contributed by atoms with van der Waals surface area (Å²) in [5.74, 6) is 0. The van der Waals surface area contributed by atoms with Crippen molar-refractivity contribution in [3.63, 3.8) is 0 Å². The highest BCUT2D eigenvalue weighted by atomic mass is 79.9. The van der Waals surface area contributed by atoms with E-state index in [4.69, 9.17) is 4.79 Å². The summed E-state index contributed by atoms with van der Waals surface area (Å²) in [4.78, 5) is 5.01. The minimum Gasteiger partial charge on any atom is -0.253 e. The summed E-state index contributed by atoms with van der Waals surface area (Å²) in [7, 11) is 0. The summed E-state index contributed by atoms with van der Waals surface area (Å²) in [5, 5.41) is 0. The van der Waals surface area contributed by atoms with E-state index in [0.717, 1.165) is 0 Å². The van der Waals surface area contributed by atoms with Crippen molar-refractivity contribution >= 4 is 22.0 Å². The average Bonchev–Trinajstić information content (AvgIpc) is 1.31. The van der Waals surface area contributed by atoms with Gasteiger partial charge in [0.25, 0.3) is 0 Å². The van der Waals surface area contributed by atoms with Crippen molar-refractivity contribution < 1.29 is 18.0 Å². The number of halogens is 4. The summed E-state index contributed by atoms with van der Waals surface area (Å²) in [5.41, 5.74) is 0. The molecule has 0 bridgehead atoms. The lowest BCUT2D eigenvalue weighted by atomic mass is 10.8. The molecule has 0 amide bonds. The van der Waals surface area contributed by atoms with E-state index in [2.05, 4.69) is 0 Å². The Morgan fingerprint density at radius 1 is 1.57 bits per heavy atom. The first-order valence-electron chi connectivity index (χ1n) is 1.21. The molecule has 0 unspecified atom stereocenters. The lowest BCUT2D eigenvalue weighted by Crippen LogP contribution is -2.14. The third-order valence-corrected chi connectivity index (χ3v) is 0.535. The first-order chi connectivity index (χ1) is 2.94. The molecule has 0 saturated heterocycles. The zero-order valence-corrected chi connectivity index (χ0v) is 4.51. The zero-order valence-electron chi connectivity index (χ0n) is 2.92. The van der Waals surface area contributed by atoms with Crippen molar-refractivity contribution in [2.75, 3.05) is 0 Å². The van der Waals surface area contributed by atoms with Crippen LogP contribution in [0, 0.1) is 0 Å². The molecule has 0 fully saturated rings. The SMILES string of the molecule is O=C(F)C(F)(F)Br. The van der Waals surface area contributed by atoms with Crippen LogP contribution in [-0.4, -0.2) is 10.9 Å². The standard InChI is InChI=1S/C2BrF3O/c3-2(5,6)1(4)7. The van der Waals surface area contributed by atoms with Crippen LogP contribution in [0.3, 0.4) is 0 Å². The Kier molecular flexibility index (Phi) is 1.80. The number of alkyl halides is 3. The lowest BCUT2D eigenvalue weighted by Gasteiger charge is -1.94. The fraction of sp³-hybridized carbons (Fsp3) is 0.500. The van der Waals surface area contributed by atoms with Crippen LogP contribution in [0.4, 0.5) is 13.2 Å². The molecule has 0 aliphatic carbocycles. The Labute approximate surface area is 45.6 Å². The lowest BCUT2D eigenvalue weighted by molar-refractivity contribution is -0.143. The van der Waals surface area contributed by atoms with Crippen LogP contribution >= 0.6 is 15.9 Å². The van der Waals surface area contributed by atoms with Gasteiger partial charge in [-0.3, -0.25) is 4.79 Å².